The number of benzene rings is 1. The minimum Gasteiger partial charge on any atom is -0.340 e. The van der Waals surface area contributed by atoms with Crippen LogP contribution in [0.5, 0.6) is 0 Å². The molecule has 1 atom stereocenters. The maximum Gasteiger partial charge on any atom is 0.266 e. The highest BCUT2D eigenvalue weighted by Gasteiger charge is 2.37. The number of carbonyl (C=O) groups excluding carboxylic acids is 2. The van der Waals surface area contributed by atoms with Crippen LogP contribution in [-0.4, -0.2) is 65.5 Å². The summed E-state index contributed by atoms with van der Waals surface area (Å²) >= 11 is 6.41. The molecule has 0 aliphatic carbocycles. The lowest BCUT2D eigenvalue weighted by Gasteiger charge is -2.25. The minimum absolute atomic E-state index is 0.0262. The highest BCUT2D eigenvalue weighted by Crippen LogP contribution is 2.32. The molecule has 1 unspecified atom stereocenters. The first kappa shape index (κ1) is 19.1. The molecule has 2 heterocycles. The Morgan fingerprint density at radius 3 is 2.69 bits per heavy atom. The van der Waals surface area contributed by atoms with Crippen LogP contribution in [0.2, 0.25) is 0 Å². The number of hydrogen-bond acceptors (Lipinski definition) is 6. The molecule has 2 aliphatic rings. The van der Waals surface area contributed by atoms with E-state index in [4.69, 9.17) is 12.2 Å². The Labute approximate surface area is 162 Å². The topological polar surface area (TPSA) is 74.8 Å². The summed E-state index contributed by atoms with van der Waals surface area (Å²) < 4.78 is 23.5. The summed E-state index contributed by atoms with van der Waals surface area (Å²) in [6.45, 7) is -0.177. The smallest absolute Gasteiger partial charge is 0.266 e. The molecule has 1 aromatic rings. The van der Waals surface area contributed by atoms with Crippen molar-refractivity contribution in [1.29, 1.82) is 0 Å². The van der Waals surface area contributed by atoms with Gasteiger partial charge in [0.1, 0.15) is 10.9 Å². The summed E-state index contributed by atoms with van der Waals surface area (Å²) in [5.41, 5.74) is 0.882. The SMILES string of the molecule is CN(C(=O)CN1C(=O)/C(=C\c2ccccc2)SC1=S)C1CCS(=O)(=O)C1. The van der Waals surface area contributed by atoms with Crippen molar-refractivity contribution < 1.29 is 18.0 Å². The Bertz CT molecular complexity index is 881. The molecule has 0 bridgehead atoms. The fourth-order valence-electron chi connectivity index (χ4n) is 2.87. The fraction of sp³-hybridized carbons (Fsp3) is 0.353. The molecule has 0 N–H and O–H groups in total. The molecule has 26 heavy (non-hydrogen) atoms. The number of hydrogen-bond donors (Lipinski definition) is 0. The highest BCUT2D eigenvalue weighted by atomic mass is 32.2. The van der Waals surface area contributed by atoms with E-state index in [1.54, 1.807) is 13.1 Å². The zero-order chi connectivity index (χ0) is 18.9. The summed E-state index contributed by atoms with van der Waals surface area (Å²) in [6, 6.07) is 9.06. The van der Waals surface area contributed by atoms with Gasteiger partial charge in [-0.2, -0.15) is 0 Å². The normalized spacial score (nSPS) is 23.7. The van der Waals surface area contributed by atoms with Gasteiger partial charge < -0.3 is 4.90 Å². The second-order valence-corrected chi connectivity index (χ2v) is 10.1. The third-order valence-corrected chi connectivity index (χ3v) is 7.54. The molecule has 138 valence electrons. The third kappa shape index (κ3) is 4.16. The Hall–Kier alpha value is -1.71. The van der Waals surface area contributed by atoms with E-state index in [1.807, 2.05) is 30.3 Å². The van der Waals surface area contributed by atoms with Crippen molar-refractivity contribution in [3.05, 3.63) is 40.8 Å². The van der Waals surface area contributed by atoms with Crippen molar-refractivity contribution in [3.63, 3.8) is 0 Å². The van der Waals surface area contributed by atoms with Gasteiger partial charge in [0.05, 0.1) is 16.4 Å². The van der Waals surface area contributed by atoms with Gasteiger partial charge in [-0.1, -0.05) is 54.3 Å². The quantitative estimate of drug-likeness (QED) is 0.554. The Morgan fingerprint density at radius 2 is 2.08 bits per heavy atom. The molecule has 0 spiro atoms. The fourth-order valence-corrected chi connectivity index (χ4v) is 5.90. The van der Waals surface area contributed by atoms with Gasteiger partial charge >= 0.3 is 0 Å². The Balaban J connectivity index is 1.68. The highest BCUT2D eigenvalue weighted by molar-refractivity contribution is 8.26. The lowest BCUT2D eigenvalue weighted by Crippen LogP contribution is -2.45. The van der Waals surface area contributed by atoms with Crippen molar-refractivity contribution in [2.24, 2.45) is 0 Å². The Morgan fingerprint density at radius 1 is 1.38 bits per heavy atom. The molecule has 1 aromatic carbocycles. The number of nitrogens with zero attached hydrogens (tertiary/aromatic N) is 2. The number of rotatable bonds is 4. The van der Waals surface area contributed by atoms with Crippen molar-refractivity contribution in [1.82, 2.24) is 9.80 Å². The van der Waals surface area contributed by atoms with Gasteiger partial charge in [-0.25, -0.2) is 8.42 Å². The number of thiocarbonyl (C=S) groups is 1. The maximum absolute atomic E-state index is 12.6. The second-order valence-electron chi connectivity index (χ2n) is 6.24. The van der Waals surface area contributed by atoms with Gasteiger partial charge in [-0.05, 0) is 18.1 Å². The first-order valence-corrected chi connectivity index (χ1v) is 11.1. The van der Waals surface area contributed by atoms with E-state index in [1.165, 1.54) is 9.80 Å². The van der Waals surface area contributed by atoms with E-state index in [9.17, 15) is 18.0 Å². The molecule has 0 saturated carbocycles. The zero-order valence-corrected chi connectivity index (χ0v) is 16.6. The van der Waals surface area contributed by atoms with E-state index < -0.39 is 9.84 Å². The first-order valence-electron chi connectivity index (χ1n) is 8.03. The molecular weight excluding hydrogens is 392 g/mol. The van der Waals surface area contributed by atoms with Gasteiger partial charge in [0.25, 0.3) is 5.91 Å². The predicted molar refractivity (Wildman–Crippen MR) is 106 cm³/mol. The monoisotopic (exact) mass is 410 g/mol. The van der Waals surface area contributed by atoms with Crippen LogP contribution in [0, 0.1) is 0 Å². The van der Waals surface area contributed by atoms with Gasteiger partial charge in [-0.15, -0.1) is 0 Å². The van der Waals surface area contributed by atoms with Crippen LogP contribution >= 0.6 is 24.0 Å². The maximum atomic E-state index is 12.6. The minimum atomic E-state index is -3.08. The lowest BCUT2D eigenvalue weighted by molar-refractivity contribution is -0.135. The molecular formula is C17H18N2O4S3. The average Bonchev–Trinajstić information content (AvgIpc) is 3.09. The second kappa shape index (κ2) is 7.50. The lowest BCUT2D eigenvalue weighted by atomic mass is 10.2. The van der Waals surface area contributed by atoms with Crippen LogP contribution in [0.25, 0.3) is 6.08 Å². The first-order chi connectivity index (χ1) is 12.3. The van der Waals surface area contributed by atoms with Crippen LogP contribution in [0.1, 0.15) is 12.0 Å². The van der Waals surface area contributed by atoms with Gasteiger partial charge in [0, 0.05) is 13.1 Å². The average molecular weight is 411 g/mol. The summed E-state index contributed by atoms with van der Waals surface area (Å²) in [7, 11) is -1.50. The summed E-state index contributed by atoms with van der Waals surface area (Å²) in [5.74, 6) is -0.549. The van der Waals surface area contributed by atoms with Crippen LogP contribution in [0.15, 0.2) is 35.2 Å². The molecule has 2 amide bonds. The van der Waals surface area contributed by atoms with Crippen LogP contribution in [0.4, 0.5) is 0 Å². The molecule has 3 rings (SSSR count). The van der Waals surface area contributed by atoms with Crippen molar-refractivity contribution >= 4 is 56.0 Å². The van der Waals surface area contributed by atoms with Crippen molar-refractivity contribution in [2.45, 2.75) is 12.5 Å². The van der Waals surface area contributed by atoms with Gasteiger partial charge in [0.2, 0.25) is 5.91 Å². The van der Waals surface area contributed by atoms with E-state index in [0.717, 1.165) is 17.3 Å². The molecule has 9 heteroatoms. The van der Waals surface area contributed by atoms with Gasteiger partial charge in [-0.3, -0.25) is 14.5 Å². The van der Waals surface area contributed by atoms with E-state index in [-0.39, 0.29) is 35.9 Å². The van der Waals surface area contributed by atoms with Crippen molar-refractivity contribution in [2.75, 3.05) is 25.1 Å². The zero-order valence-electron chi connectivity index (χ0n) is 14.1. The number of amides is 2. The number of thioether (sulfide) groups is 1. The summed E-state index contributed by atoms with van der Waals surface area (Å²) in [4.78, 5) is 28.3. The number of likely N-dealkylation sites (N-methyl/N-ethyl adjacent to an activating group) is 1. The number of carbonyl (C=O) groups is 2. The van der Waals surface area contributed by atoms with Crippen LogP contribution in [0.3, 0.4) is 0 Å². The molecule has 0 radical (unpaired) electrons. The molecule has 0 aromatic heterocycles. The summed E-state index contributed by atoms with van der Waals surface area (Å²) in [5, 5.41) is 0. The van der Waals surface area contributed by atoms with E-state index in [0.29, 0.717) is 15.6 Å². The van der Waals surface area contributed by atoms with E-state index in [2.05, 4.69) is 0 Å². The molecule has 2 aliphatic heterocycles. The standard InChI is InChI=1S/C17H18N2O4S3/c1-18(13-7-8-26(22,23)11-13)15(20)10-19-16(21)14(25-17(19)24)9-12-5-3-2-4-6-12/h2-6,9,13H,7-8,10-11H2,1H3/b14-9+. The predicted octanol–water partition coefficient (Wildman–Crippen LogP) is 1.53. The Kier molecular flexibility index (Phi) is 5.50. The van der Waals surface area contributed by atoms with E-state index >= 15 is 0 Å². The number of sulfone groups is 1. The molecule has 2 fully saturated rings. The third-order valence-electron chi connectivity index (χ3n) is 4.41. The molecule has 6 nitrogen and oxygen atoms in total. The van der Waals surface area contributed by atoms with Crippen LogP contribution < -0.4 is 0 Å². The molecule has 2 saturated heterocycles. The van der Waals surface area contributed by atoms with Crippen molar-refractivity contribution in [3.8, 4) is 0 Å². The largest absolute Gasteiger partial charge is 0.340 e. The summed E-state index contributed by atoms with van der Waals surface area (Å²) in [6.07, 6.45) is 2.17. The van der Waals surface area contributed by atoms with Gasteiger partial charge in [0.15, 0.2) is 9.84 Å². The van der Waals surface area contributed by atoms with Crippen LogP contribution in [-0.2, 0) is 19.4 Å².